The second kappa shape index (κ2) is 7.33. The third kappa shape index (κ3) is 3.68. The molecule has 3 heterocycles. The summed E-state index contributed by atoms with van der Waals surface area (Å²) in [5, 5.41) is 11.5. The first-order chi connectivity index (χ1) is 11.2. The number of halogens is 1. The molecule has 23 heavy (non-hydrogen) atoms. The number of aromatic nitrogens is 3. The van der Waals surface area contributed by atoms with Gasteiger partial charge >= 0.3 is 0 Å². The van der Waals surface area contributed by atoms with Gasteiger partial charge < -0.3 is 5.32 Å². The van der Waals surface area contributed by atoms with Gasteiger partial charge in [-0.3, -0.25) is 9.20 Å². The van der Waals surface area contributed by atoms with Gasteiger partial charge in [0.15, 0.2) is 11.5 Å². The van der Waals surface area contributed by atoms with Crippen LogP contribution in [-0.2, 0) is 0 Å². The van der Waals surface area contributed by atoms with E-state index in [4.69, 9.17) is 11.6 Å². The largest absolute Gasteiger partial charge is 0.341 e. The summed E-state index contributed by atoms with van der Waals surface area (Å²) < 4.78 is 2.51. The van der Waals surface area contributed by atoms with E-state index in [0.717, 1.165) is 23.6 Å². The number of hydrogen-bond donors (Lipinski definition) is 1. The molecule has 3 aromatic heterocycles. The molecule has 1 N–H and O–H groups in total. The molecule has 0 fully saturated rings. The van der Waals surface area contributed by atoms with E-state index in [0.29, 0.717) is 9.21 Å². The Kier molecular flexibility index (Phi) is 5.20. The molecular formula is C15H15ClN4OS2. The van der Waals surface area contributed by atoms with E-state index in [9.17, 15) is 4.79 Å². The molecule has 0 spiro atoms. The van der Waals surface area contributed by atoms with E-state index in [1.54, 1.807) is 23.9 Å². The average molecular weight is 367 g/mol. The monoisotopic (exact) mass is 366 g/mol. The smallest absolute Gasteiger partial charge is 0.261 e. The second-order valence-corrected chi connectivity index (χ2v) is 7.60. The number of pyridine rings is 1. The predicted octanol–water partition coefficient (Wildman–Crippen LogP) is 3.67. The lowest BCUT2D eigenvalue weighted by Crippen LogP contribution is -2.29. The first kappa shape index (κ1) is 16.3. The number of carbonyl (C=O) groups is 1. The van der Waals surface area contributed by atoms with Crippen LogP contribution in [0.2, 0.25) is 4.34 Å². The number of amides is 1. The van der Waals surface area contributed by atoms with Crippen LogP contribution in [0.3, 0.4) is 0 Å². The van der Waals surface area contributed by atoms with Gasteiger partial charge in [-0.05, 0) is 42.7 Å². The minimum absolute atomic E-state index is 0.138. The Hall–Kier alpha value is -1.57. The first-order valence-electron chi connectivity index (χ1n) is 7.04. The summed E-state index contributed by atoms with van der Waals surface area (Å²) in [7, 11) is 0. The fraction of sp³-hybridized carbons (Fsp3) is 0.267. The van der Waals surface area contributed by atoms with Crippen molar-refractivity contribution < 1.29 is 4.79 Å². The summed E-state index contributed by atoms with van der Waals surface area (Å²) in [5.41, 5.74) is 0.769. The zero-order chi connectivity index (χ0) is 16.2. The van der Waals surface area contributed by atoms with Crippen LogP contribution in [0.5, 0.6) is 0 Å². The van der Waals surface area contributed by atoms with Crippen molar-refractivity contribution in [3.05, 3.63) is 51.6 Å². The van der Waals surface area contributed by atoms with Gasteiger partial charge in [-0.2, -0.15) is 11.8 Å². The summed E-state index contributed by atoms with van der Waals surface area (Å²) >= 11 is 8.91. The number of carbonyl (C=O) groups excluding carboxylic acids is 1. The van der Waals surface area contributed by atoms with Crippen LogP contribution in [-0.4, -0.2) is 32.5 Å². The van der Waals surface area contributed by atoms with Crippen LogP contribution in [0.15, 0.2) is 36.5 Å². The van der Waals surface area contributed by atoms with E-state index >= 15 is 0 Å². The first-order valence-corrected chi connectivity index (χ1v) is 9.62. The summed E-state index contributed by atoms with van der Waals surface area (Å²) in [4.78, 5) is 13.0. The molecule has 0 aliphatic rings. The van der Waals surface area contributed by atoms with Crippen molar-refractivity contribution in [2.45, 2.75) is 12.5 Å². The van der Waals surface area contributed by atoms with Crippen LogP contribution in [0.1, 0.15) is 28.0 Å². The molecule has 1 atom stereocenters. The SMILES string of the molecule is CSCCC(NC(=O)c1ccc(Cl)s1)c1nnc2ccccn12. The van der Waals surface area contributed by atoms with E-state index in [1.165, 1.54) is 11.3 Å². The number of fused-ring (bicyclic) bond motifs is 1. The van der Waals surface area contributed by atoms with Gasteiger partial charge in [-0.25, -0.2) is 0 Å². The fourth-order valence-corrected chi connectivity index (χ4v) is 3.68. The fourth-order valence-electron chi connectivity index (χ4n) is 2.26. The molecule has 0 saturated heterocycles. The van der Waals surface area contributed by atoms with Gasteiger partial charge in [-0.15, -0.1) is 21.5 Å². The van der Waals surface area contributed by atoms with Gasteiger partial charge in [0.2, 0.25) is 0 Å². The molecule has 3 rings (SSSR count). The molecular weight excluding hydrogens is 352 g/mol. The molecule has 3 aromatic rings. The van der Waals surface area contributed by atoms with Crippen LogP contribution in [0.25, 0.3) is 5.65 Å². The lowest BCUT2D eigenvalue weighted by molar-refractivity contribution is 0.0938. The van der Waals surface area contributed by atoms with Gasteiger partial charge in [0.1, 0.15) is 0 Å². The van der Waals surface area contributed by atoms with Gasteiger partial charge in [0, 0.05) is 6.20 Å². The Labute approximate surface area is 147 Å². The molecule has 8 heteroatoms. The van der Waals surface area contributed by atoms with E-state index < -0.39 is 0 Å². The minimum Gasteiger partial charge on any atom is -0.341 e. The molecule has 0 saturated carbocycles. The quantitative estimate of drug-likeness (QED) is 0.723. The Balaban J connectivity index is 1.87. The molecule has 1 amide bonds. The Morgan fingerprint density at radius 3 is 3.00 bits per heavy atom. The van der Waals surface area contributed by atoms with Crippen molar-refractivity contribution in [3.63, 3.8) is 0 Å². The van der Waals surface area contributed by atoms with Crippen LogP contribution < -0.4 is 5.32 Å². The molecule has 0 radical (unpaired) electrons. The van der Waals surface area contributed by atoms with Gasteiger partial charge in [0.05, 0.1) is 15.3 Å². The highest BCUT2D eigenvalue weighted by Gasteiger charge is 2.21. The highest BCUT2D eigenvalue weighted by atomic mass is 35.5. The highest BCUT2D eigenvalue weighted by Crippen LogP contribution is 2.23. The second-order valence-electron chi connectivity index (χ2n) is 4.90. The predicted molar refractivity (Wildman–Crippen MR) is 95.5 cm³/mol. The third-order valence-corrected chi connectivity index (χ3v) is 5.24. The summed E-state index contributed by atoms with van der Waals surface area (Å²) in [6.45, 7) is 0. The minimum atomic E-state index is -0.201. The van der Waals surface area contributed by atoms with Crippen LogP contribution in [0.4, 0.5) is 0 Å². The maximum atomic E-state index is 12.4. The molecule has 0 bridgehead atoms. The topological polar surface area (TPSA) is 59.3 Å². The Bertz CT molecular complexity index is 817. The number of hydrogen-bond acceptors (Lipinski definition) is 5. The van der Waals surface area contributed by atoms with E-state index in [2.05, 4.69) is 15.5 Å². The van der Waals surface area contributed by atoms with Crippen molar-refractivity contribution in [1.82, 2.24) is 19.9 Å². The summed E-state index contributed by atoms with van der Waals surface area (Å²) in [6.07, 6.45) is 4.73. The lowest BCUT2D eigenvalue weighted by atomic mass is 10.2. The number of nitrogens with zero attached hydrogens (tertiary/aromatic N) is 3. The maximum absolute atomic E-state index is 12.4. The normalized spacial score (nSPS) is 12.4. The van der Waals surface area contributed by atoms with Crippen molar-refractivity contribution in [2.24, 2.45) is 0 Å². The van der Waals surface area contributed by atoms with Crippen molar-refractivity contribution in [3.8, 4) is 0 Å². The van der Waals surface area contributed by atoms with Crippen LogP contribution in [0, 0.1) is 0 Å². The van der Waals surface area contributed by atoms with Gasteiger partial charge in [-0.1, -0.05) is 17.7 Å². The van der Waals surface area contributed by atoms with Crippen molar-refractivity contribution in [2.75, 3.05) is 12.0 Å². The molecule has 5 nitrogen and oxygen atoms in total. The highest BCUT2D eigenvalue weighted by molar-refractivity contribution is 7.98. The average Bonchev–Trinajstić information content (AvgIpc) is 3.17. The molecule has 0 aromatic carbocycles. The lowest BCUT2D eigenvalue weighted by Gasteiger charge is -2.16. The van der Waals surface area contributed by atoms with E-state index in [1.807, 2.05) is 35.1 Å². The third-order valence-electron chi connectivity index (χ3n) is 3.36. The molecule has 120 valence electrons. The number of thiophene rings is 1. The number of thioether (sulfide) groups is 1. The van der Waals surface area contributed by atoms with Crippen molar-refractivity contribution in [1.29, 1.82) is 0 Å². The summed E-state index contributed by atoms with van der Waals surface area (Å²) in [5.74, 6) is 1.52. The standard InChI is InChI=1S/C15H15ClN4OS2/c1-22-9-7-10(17-15(21)11-5-6-12(16)23-11)14-19-18-13-4-2-3-8-20(13)14/h2-6,8,10H,7,9H2,1H3,(H,17,21). The van der Waals surface area contributed by atoms with Gasteiger partial charge in [0.25, 0.3) is 5.91 Å². The zero-order valence-electron chi connectivity index (χ0n) is 12.4. The molecule has 0 aliphatic carbocycles. The molecule has 0 aliphatic heterocycles. The van der Waals surface area contributed by atoms with Crippen LogP contribution >= 0.6 is 34.7 Å². The van der Waals surface area contributed by atoms with E-state index in [-0.39, 0.29) is 11.9 Å². The summed E-state index contributed by atoms with van der Waals surface area (Å²) in [6, 6.07) is 8.99. The maximum Gasteiger partial charge on any atom is 0.261 e. The number of nitrogens with one attached hydrogen (secondary N) is 1. The Morgan fingerprint density at radius 1 is 1.39 bits per heavy atom. The number of rotatable bonds is 6. The Morgan fingerprint density at radius 2 is 2.26 bits per heavy atom. The van der Waals surface area contributed by atoms with Crippen molar-refractivity contribution >= 4 is 46.3 Å². The zero-order valence-corrected chi connectivity index (χ0v) is 14.8. The molecule has 1 unspecified atom stereocenters.